The quantitative estimate of drug-likeness (QED) is 0.565. The van der Waals surface area contributed by atoms with Crippen molar-refractivity contribution in [3.8, 4) is 0 Å². The molecule has 0 aliphatic heterocycles. The maximum Gasteiger partial charge on any atom is 0.251 e. The third-order valence-electron chi connectivity index (χ3n) is 2.86. The topological polar surface area (TPSA) is 90.6 Å². The number of aliphatic hydroxyl groups is 1. The first kappa shape index (κ1) is 16.3. The Balaban J connectivity index is 2.72. The number of benzene rings is 1. The number of nitrogens with two attached hydrogens (primary N) is 1. The molecule has 1 amide bonds. The number of carbonyl (C=O) groups is 1. The molecule has 1 rings (SSSR count). The molecule has 0 aromatic heterocycles. The average Bonchev–Trinajstić information content (AvgIpc) is 2.34. The van der Waals surface area contributed by atoms with Crippen molar-refractivity contribution in [3.63, 3.8) is 0 Å². The van der Waals surface area contributed by atoms with E-state index in [1.807, 2.05) is 19.0 Å². The van der Waals surface area contributed by atoms with Crippen LogP contribution in [0.25, 0.3) is 0 Å². The van der Waals surface area contributed by atoms with Crippen molar-refractivity contribution in [1.82, 2.24) is 10.2 Å². The molecule has 1 aromatic carbocycles. The number of likely N-dealkylation sites (N-methyl/N-ethyl adjacent to an activating group) is 1. The molecular weight excluding hydrogens is 256 g/mol. The number of rotatable bonds is 6. The van der Waals surface area contributed by atoms with E-state index in [1.165, 1.54) is 0 Å². The summed E-state index contributed by atoms with van der Waals surface area (Å²) in [7, 11) is 5.38. The van der Waals surface area contributed by atoms with Crippen molar-refractivity contribution in [3.05, 3.63) is 23.8 Å². The van der Waals surface area contributed by atoms with Crippen LogP contribution in [0.5, 0.6) is 0 Å². The van der Waals surface area contributed by atoms with Gasteiger partial charge in [-0.15, -0.1) is 0 Å². The van der Waals surface area contributed by atoms with Crippen molar-refractivity contribution < 1.29 is 9.90 Å². The molecule has 0 heterocycles. The van der Waals surface area contributed by atoms with E-state index in [2.05, 4.69) is 10.6 Å². The first-order valence-electron chi connectivity index (χ1n) is 6.48. The van der Waals surface area contributed by atoms with Crippen LogP contribution in [0.2, 0.25) is 0 Å². The zero-order valence-electron chi connectivity index (χ0n) is 12.5. The highest BCUT2D eigenvalue weighted by atomic mass is 16.3. The summed E-state index contributed by atoms with van der Waals surface area (Å²) in [5.74, 6) is -0.178. The summed E-state index contributed by atoms with van der Waals surface area (Å²) in [6.45, 7) is 2.67. The van der Waals surface area contributed by atoms with E-state index in [9.17, 15) is 9.90 Å². The second-order valence-electron chi connectivity index (χ2n) is 5.47. The summed E-state index contributed by atoms with van der Waals surface area (Å²) in [5, 5.41) is 15.9. The van der Waals surface area contributed by atoms with Crippen molar-refractivity contribution in [2.24, 2.45) is 0 Å². The molecule has 6 heteroatoms. The normalized spacial score (nSPS) is 13.9. The number of nitrogen functional groups attached to an aromatic ring is 1. The lowest BCUT2D eigenvalue weighted by atomic mass is 10.1. The number of amides is 1. The van der Waals surface area contributed by atoms with Crippen LogP contribution in [0.1, 0.15) is 17.3 Å². The van der Waals surface area contributed by atoms with Gasteiger partial charge in [-0.1, -0.05) is 0 Å². The van der Waals surface area contributed by atoms with Crippen LogP contribution < -0.4 is 16.4 Å². The molecule has 0 fully saturated rings. The maximum absolute atomic E-state index is 11.5. The molecule has 0 saturated carbocycles. The Morgan fingerprint density at radius 1 is 1.45 bits per heavy atom. The molecule has 5 N–H and O–H groups in total. The smallest absolute Gasteiger partial charge is 0.251 e. The maximum atomic E-state index is 11.5. The fraction of sp³-hybridized carbons (Fsp3) is 0.500. The lowest BCUT2D eigenvalue weighted by Crippen LogP contribution is -2.43. The lowest BCUT2D eigenvalue weighted by molar-refractivity contribution is 0.0460. The largest absolute Gasteiger partial charge is 0.397 e. The molecule has 0 saturated heterocycles. The van der Waals surface area contributed by atoms with Gasteiger partial charge in [0.25, 0.3) is 5.91 Å². The molecule has 0 radical (unpaired) electrons. The molecule has 0 spiro atoms. The van der Waals surface area contributed by atoms with E-state index in [4.69, 9.17) is 5.73 Å². The second kappa shape index (κ2) is 6.58. The van der Waals surface area contributed by atoms with Crippen molar-refractivity contribution in [1.29, 1.82) is 0 Å². The van der Waals surface area contributed by atoms with Crippen LogP contribution in [0.4, 0.5) is 11.4 Å². The van der Waals surface area contributed by atoms with Crippen molar-refractivity contribution >= 4 is 17.3 Å². The third-order valence-corrected chi connectivity index (χ3v) is 2.86. The van der Waals surface area contributed by atoms with Crippen LogP contribution >= 0.6 is 0 Å². The van der Waals surface area contributed by atoms with Crippen molar-refractivity contribution in [2.75, 3.05) is 45.3 Å². The predicted octanol–water partition coefficient (Wildman–Crippen LogP) is 0.353. The van der Waals surface area contributed by atoms with Gasteiger partial charge in [0.15, 0.2) is 0 Å². The highest BCUT2D eigenvalue weighted by Gasteiger charge is 2.21. The number of nitrogens with zero attached hydrogens (tertiary/aromatic N) is 1. The zero-order chi connectivity index (χ0) is 15.3. The van der Waals surface area contributed by atoms with Crippen LogP contribution in [-0.2, 0) is 0 Å². The Labute approximate surface area is 120 Å². The SMILES string of the molecule is CNC(=O)c1ccc(NCC(C)(O)CN(C)C)c(N)c1. The van der Waals surface area contributed by atoms with Crippen LogP contribution in [0.15, 0.2) is 18.2 Å². The molecule has 20 heavy (non-hydrogen) atoms. The van der Waals surface area contributed by atoms with Gasteiger partial charge in [0.1, 0.15) is 0 Å². The van der Waals surface area contributed by atoms with Gasteiger partial charge >= 0.3 is 0 Å². The number of carbonyl (C=O) groups excluding carboxylic acids is 1. The number of hydrogen-bond donors (Lipinski definition) is 4. The molecule has 1 aromatic rings. The van der Waals surface area contributed by atoms with Crippen LogP contribution in [0.3, 0.4) is 0 Å². The van der Waals surface area contributed by atoms with Gasteiger partial charge in [0.05, 0.1) is 17.0 Å². The predicted molar refractivity (Wildman–Crippen MR) is 81.9 cm³/mol. The number of hydrogen-bond acceptors (Lipinski definition) is 5. The van der Waals surface area contributed by atoms with E-state index in [1.54, 1.807) is 32.2 Å². The van der Waals surface area contributed by atoms with Gasteiger partial charge in [-0.05, 0) is 39.2 Å². The molecule has 6 nitrogen and oxygen atoms in total. The first-order chi connectivity index (χ1) is 9.25. The Hall–Kier alpha value is -1.79. The zero-order valence-corrected chi connectivity index (χ0v) is 12.5. The third kappa shape index (κ3) is 4.71. The van der Waals surface area contributed by atoms with Crippen molar-refractivity contribution in [2.45, 2.75) is 12.5 Å². The number of nitrogens with one attached hydrogen (secondary N) is 2. The molecule has 0 bridgehead atoms. The molecular formula is C14H24N4O2. The standard InChI is InChI=1S/C14H24N4O2/c1-14(20,9-18(3)4)8-17-12-6-5-10(7-11(12)15)13(19)16-2/h5-7,17,20H,8-9,15H2,1-4H3,(H,16,19). The fourth-order valence-corrected chi connectivity index (χ4v) is 2.03. The van der Waals surface area contributed by atoms with E-state index in [0.717, 1.165) is 0 Å². The highest BCUT2D eigenvalue weighted by molar-refractivity contribution is 5.95. The van der Waals surface area contributed by atoms with Gasteiger partial charge in [-0.3, -0.25) is 4.79 Å². The van der Waals surface area contributed by atoms with E-state index >= 15 is 0 Å². The first-order valence-corrected chi connectivity index (χ1v) is 6.48. The van der Waals surface area contributed by atoms with Crippen LogP contribution in [0, 0.1) is 0 Å². The average molecular weight is 280 g/mol. The van der Waals surface area contributed by atoms with Crippen LogP contribution in [-0.4, -0.2) is 55.7 Å². The second-order valence-corrected chi connectivity index (χ2v) is 5.47. The molecule has 112 valence electrons. The summed E-state index contributed by atoms with van der Waals surface area (Å²) in [4.78, 5) is 13.4. The Kier molecular flexibility index (Phi) is 5.35. The summed E-state index contributed by atoms with van der Waals surface area (Å²) >= 11 is 0. The van der Waals surface area contributed by atoms with E-state index in [-0.39, 0.29) is 5.91 Å². The monoisotopic (exact) mass is 280 g/mol. The van der Waals surface area contributed by atoms with Gasteiger partial charge in [-0.2, -0.15) is 0 Å². The summed E-state index contributed by atoms with van der Waals surface area (Å²) in [6, 6.07) is 5.05. The summed E-state index contributed by atoms with van der Waals surface area (Å²) in [5.41, 5.74) is 6.74. The summed E-state index contributed by atoms with van der Waals surface area (Å²) in [6.07, 6.45) is 0. The van der Waals surface area contributed by atoms with E-state index < -0.39 is 5.60 Å². The Morgan fingerprint density at radius 2 is 2.10 bits per heavy atom. The summed E-state index contributed by atoms with van der Waals surface area (Å²) < 4.78 is 0. The molecule has 1 unspecified atom stereocenters. The molecule has 0 aliphatic rings. The molecule has 0 aliphatic carbocycles. The number of anilines is 2. The minimum absolute atomic E-state index is 0.178. The van der Waals surface area contributed by atoms with Gasteiger partial charge < -0.3 is 26.4 Å². The Bertz CT molecular complexity index is 472. The van der Waals surface area contributed by atoms with Gasteiger partial charge in [0, 0.05) is 25.7 Å². The minimum atomic E-state index is -0.866. The lowest BCUT2D eigenvalue weighted by Gasteiger charge is -2.27. The van der Waals surface area contributed by atoms with Gasteiger partial charge in [0.2, 0.25) is 0 Å². The highest BCUT2D eigenvalue weighted by Crippen LogP contribution is 2.20. The fourth-order valence-electron chi connectivity index (χ4n) is 2.03. The van der Waals surface area contributed by atoms with E-state index in [0.29, 0.717) is 30.0 Å². The Morgan fingerprint density at radius 3 is 2.60 bits per heavy atom. The minimum Gasteiger partial charge on any atom is -0.397 e. The van der Waals surface area contributed by atoms with Gasteiger partial charge in [-0.25, -0.2) is 0 Å². The molecule has 1 atom stereocenters.